The van der Waals surface area contributed by atoms with E-state index in [1.807, 2.05) is 11.3 Å². The molecule has 0 saturated heterocycles. The third-order valence-corrected chi connectivity index (χ3v) is 12.9. The van der Waals surface area contributed by atoms with E-state index in [4.69, 9.17) is 9.97 Å². The van der Waals surface area contributed by atoms with Gasteiger partial charge in [-0.05, 0) is 65.7 Å². The largest absolute Gasteiger partial charge is 0.309 e. The summed E-state index contributed by atoms with van der Waals surface area (Å²) in [7, 11) is 0. The molecule has 4 aromatic heterocycles. The highest BCUT2D eigenvalue weighted by Gasteiger charge is 2.36. The van der Waals surface area contributed by atoms with E-state index in [0.717, 1.165) is 39.2 Å². The minimum Gasteiger partial charge on any atom is -0.309 e. The van der Waals surface area contributed by atoms with Gasteiger partial charge in [0.2, 0.25) is 0 Å². The summed E-state index contributed by atoms with van der Waals surface area (Å²) >= 11 is 1.88. The predicted octanol–water partition coefficient (Wildman–Crippen LogP) is 13.0. The highest BCUT2D eigenvalue weighted by Crippen LogP contribution is 2.51. The maximum atomic E-state index is 5.41. The molecule has 0 N–H and O–H groups in total. The van der Waals surface area contributed by atoms with Gasteiger partial charge >= 0.3 is 0 Å². The van der Waals surface area contributed by atoms with Crippen LogP contribution in [0.4, 0.5) is 0 Å². The fourth-order valence-electron chi connectivity index (χ4n) is 9.21. The van der Waals surface area contributed by atoms with Gasteiger partial charge in [0.1, 0.15) is 4.83 Å². The number of benzene rings is 7. The molecule has 12 rings (SSSR count). The molecule has 0 spiro atoms. The zero-order chi connectivity index (χ0) is 35.7. The van der Waals surface area contributed by atoms with Crippen LogP contribution in [0.5, 0.6) is 0 Å². The Bertz CT molecular complexity index is 3320. The average molecular weight is 709 g/mol. The Balaban J connectivity index is 1.06. The van der Waals surface area contributed by atoms with Gasteiger partial charge in [-0.1, -0.05) is 117 Å². The van der Waals surface area contributed by atoms with Crippen LogP contribution in [0.25, 0.3) is 97.9 Å². The lowest BCUT2D eigenvalue weighted by Crippen LogP contribution is -2.26. The summed E-state index contributed by atoms with van der Waals surface area (Å²) in [6.45, 7) is 4.72. The van der Waals surface area contributed by atoms with Crippen molar-refractivity contribution in [2.24, 2.45) is 0 Å². The maximum Gasteiger partial charge on any atom is 0.160 e. The molecule has 54 heavy (non-hydrogen) atoms. The van der Waals surface area contributed by atoms with Crippen molar-refractivity contribution in [2.45, 2.75) is 19.3 Å². The maximum absolute atomic E-state index is 5.41. The normalized spacial score (nSPS) is 13.5. The molecule has 1 aliphatic heterocycles. The minimum absolute atomic E-state index is 0.229. The minimum atomic E-state index is -0.229. The Morgan fingerprint density at radius 2 is 1.20 bits per heavy atom. The van der Waals surface area contributed by atoms with Crippen LogP contribution in [-0.2, 0) is 5.41 Å². The van der Waals surface area contributed by atoms with E-state index in [1.54, 1.807) is 0 Å². The van der Waals surface area contributed by atoms with Crippen molar-refractivity contribution >= 4 is 75.3 Å². The van der Waals surface area contributed by atoms with Gasteiger partial charge in [-0.15, -0.1) is 11.3 Å². The highest BCUT2D eigenvalue weighted by molar-refractivity contribution is 7.25. The topological polar surface area (TPSA) is 35.6 Å². The summed E-state index contributed by atoms with van der Waals surface area (Å²) < 4.78 is 6.20. The van der Waals surface area contributed by atoms with E-state index in [1.165, 1.54) is 69.8 Å². The van der Waals surface area contributed by atoms with Crippen LogP contribution in [0, 0.1) is 0 Å². The van der Waals surface area contributed by atoms with Crippen molar-refractivity contribution in [3.63, 3.8) is 0 Å². The smallest absolute Gasteiger partial charge is 0.160 e. The van der Waals surface area contributed by atoms with Crippen LogP contribution >= 0.6 is 11.3 Å². The number of fused-ring (bicyclic) bond motifs is 11. The summed E-state index contributed by atoms with van der Waals surface area (Å²) in [6.07, 6.45) is 0. The molecule has 1 aliphatic rings. The lowest BCUT2D eigenvalue weighted by atomic mass is 9.74. The summed E-state index contributed by atoms with van der Waals surface area (Å²) in [5.74, 6) is 0.730. The molecule has 4 nitrogen and oxygen atoms in total. The quantitative estimate of drug-likeness (QED) is 0.183. The number of hydrogen-bond acceptors (Lipinski definition) is 3. The second kappa shape index (κ2) is 10.8. The Hall–Kier alpha value is -6.56. The van der Waals surface area contributed by atoms with E-state index in [-0.39, 0.29) is 5.41 Å². The molecule has 0 bridgehead atoms. The van der Waals surface area contributed by atoms with Gasteiger partial charge in [0.05, 0.1) is 33.4 Å². The summed E-state index contributed by atoms with van der Waals surface area (Å²) in [5.41, 5.74) is 12.4. The molecule has 0 aliphatic carbocycles. The van der Waals surface area contributed by atoms with E-state index >= 15 is 0 Å². The first-order valence-corrected chi connectivity index (χ1v) is 19.3. The van der Waals surface area contributed by atoms with Crippen LogP contribution in [0.1, 0.15) is 25.0 Å². The Labute approximate surface area is 315 Å². The summed E-state index contributed by atoms with van der Waals surface area (Å²) in [6, 6.07) is 57.0. The van der Waals surface area contributed by atoms with Crippen LogP contribution < -0.4 is 0 Å². The standard InChI is InChI=1S/C49H32N4S/c1-49(2)37-20-12-19-36-44-35-18-6-10-24-43(35)54-48(44)53(46(36)37)42-26-25-30(28-38(42)49)47-50-39-21-7-3-17-34(39)45(51-47)29-13-11-14-31(27-29)52-40-22-8-4-15-32(40)33-16-5-9-23-41(33)52/h3-28H,1-2H3. The molecule has 0 radical (unpaired) electrons. The van der Waals surface area contributed by atoms with Gasteiger partial charge in [0, 0.05) is 59.2 Å². The number of hydrogen-bond donors (Lipinski definition) is 0. The molecule has 0 atom stereocenters. The lowest BCUT2D eigenvalue weighted by Gasteiger charge is -2.35. The number of aromatic nitrogens is 4. The number of thiophene rings is 1. The van der Waals surface area contributed by atoms with Gasteiger partial charge in [0.25, 0.3) is 0 Å². The summed E-state index contributed by atoms with van der Waals surface area (Å²) in [4.78, 5) is 11.9. The highest BCUT2D eigenvalue weighted by atomic mass is 32.1. The van der Waals surface area contributed by atoms with Crippen LogP contribution in [0.2, 0.25) is 0 Å². The van der Waals surface area contributed by atoms with Crippen molar-refractivity contribution in [2.75, 3.05) is 0 Å². The SMILES string of the molecule is CC1(C)c2cc(-c3nc(-c4cccc(-n5c6ccccc6c6ccccc65)c4)c4ccccc4n3)ccc2-n2c3sc4ccccc4c3c3cccc1c32. The van der Waals surface area contributed by atoms with Gasteiger partial charge in [0.15, 0.2) is 5.82 Å². The average Bonchev–Trinajstić information content (AvgIpc) is 3.87. The summed E-state index contributed by atoms with van der Waals surface area (Å²) in [5, 5.41) is 7.55. The first-order valence-electron chi connectivity index (χ1n) is 18.5. The van der Waals surface area contributed by atoms with Crippen LogP contribution in [0.15, 0.2) is 158 Å². The zero-order valence-electron chi connectivity index (χ0n) is 29.7. The fourth-order valence-corrected chi connectivity index (χ4v) is 10.4. The van der Waals surface area contributed by atoms with E-state index in [0.29, 0.717) is 0 Å². The molecule has 254 valence electrons. The van der Waals surface area contributed by atoms with Crippen LogP contribution in [0.3, 0.4) is 0 Å². The van der Waals surface area contributed by atoms with Crippen molar-refractivity contribution in [3.8, 4) is 34.0 Å². The van der Waals surface area contributed by atoms with Crippen molar-refractivity contribution in [1.82, 2.24) is 19.1 Å². The van der Waals surface area contributed by atoms with E-state index in [9.17, 15) is 0 Å². The van der Waals surface area contributed by atoms with Gasteiger partial charge in [-0.2, -0.15) is 0 Å². The Morgan fingerprint density at radius 1 is 0.519 bits per heavy atom. The van der Waals surface area contributed by atoms with Gasteiger partial charge < -0.3 is 9.13 Å². The number of nitrogens with zero attached hydrogens (tertiary/aromatic N) is 4. The fraction of sp³-hybridized carbons (Fsp3) is 0.0612. The van der Waals surface area contributed by atoms with Crippen molar-refractivity contribution in [3.05, 3.63) is 169 Å². The first kappa shape index (κ1) is 30.0. The molecular formula is C49H32N4S. The molecule has 5 heterocycles. The first-order chi connectivity index (χ1) is 26.5. The molecule has 11 aromatic rings. The third-order valence-electron chi connectivity index (χ3n) is 11.7. The van der Waals surface area contributed by atoms with Crippen molar-refractivity contribution < 1.29 is 0 Å². The number of rotatable bonds is 3. The zero-order valence-corrected chi connectivity index (χ0v) is 30.5. The van der Waals surface area contributed by atoms with Crippen LogP contribution in [-0.4, -0.2) is 19.1 Å². The van der Waals surface area contributed by atoms with Gasteiger partial charge in [-0.3, -0.25) is 0 Å². The molecule has 7 aromatic carbocycles. The molecule has 0 unspecified atom stereocenters. The van der Waals surface area contributed by atoms with E-state index in [2.05, 4.69) is 181 Å². The van der Waals surface area contributed by atoms with E-state index < -0.39 is 0 Å². The monoisotopic (exact) mass is 708 g/mol. The second-order valence-electron chi connectivity index (χ2n) is 15.0. The molecule has 0 fully saturated rings. The Morgan fingerprint density at radius 3 is 2.02 bits per heavy atom. The number of para-hydroxylation sites is 4. The predicted molar refractivity (Wildman–Crippen MR) is 227 cm³/mol. The second-order valence-corrected chi connectivity index (χ2v) is 16.0. The third kappa shape index (κ3) is 3.97. The molecule has 0 amide bonds. The molecule has 5 heteroatoms. The van der Waals surface area contributed by atoms with Gasteiger partial charge in [-0.25, -0.2) is 9.97 Å². The Kier molecular flexibility index (Phi) is 5.96. The molecule has 0 saturated carbocycles. The molecular weight excluding hydrogens is 677 g/mol. The van der Waals surface area contributed by atoms with Crippen molar-refractivity contribution in [1.29, 1.82) is 0 Å². The lowest BCUT2D eigenvalue weighted by molar-refractivity contribution is 0.630.